The van der Waals surface area contributed by atoms with Gasteiger partial charge in [0.25, 0.3) is 0 Å². The Bertz CT molecular complexity index is 664. The largest absolute Gasteiger partial charge is 0.386 e. The number of benzene rings is 1. The van der Waals surface area contributed by atoms with Gasteiger partial charge in [0.2, 0.25) is 0 Å². The summed E-state index contributed by atoms with van der Waals surface area (Å²) in [5.74, 6) is -0.680. The summed E-state index contributed by atoms with van der Waals surface area (Å²) in [7, 11) is 0. The van der Waals surface area contributed by atoms with Crippen molar-refractivity contribution in [2.75, 3.05) is 5.32 Å². The molecule has 2 aromatic rings. The number of nitrogens with one attached hydrogen (secondary N) is 1. The number of anilines is 1. The van der Waals surface area contributed by atoms with Crippen LogP contribution in [0.1, 0.15) is 37.0 Å². The first-order valence-electron chi connectivity index (χ1n) is 7.14. The molecular weight excluding hydrogens is 288 g/mol. The fourth-order valence-corrected chi connectivity index (χ4v) is 2.18. The summed E-state index contributed by atoms with van der Waals surface area (Å²) in [4.78, 5) is 8.54. The van der Waals surface area contributed by atoms with Gasteiger partial charge in [-0.3, -0.25) is 0 Å². The van der Waals surface area contributed by atoms with Crippen LogP contribution in [0.4, 0.5) is 14.6 Å². The van der Waals surface area contributed by atoms with Gasteiger partial charge >= 0.3 is 0 Å². The van der Waals surface area contributed by atoms with Crippen molar-refractivity contribution in [3.63, 3.8) is 0 Å². The Kier molecular flexibility index (Phi) is 5.03. The standard InChI is InChI=1S/C16H19F2N3O/c1-4-12-8-15(21-10(3)20-12)19-9(2)16(22)11-5-6-13(17)14(18)7-11/h5-9,16,22H,4H2,1-3H3,(H,19,20,21). The van der Waals surface area contributed by atoms with E-state index < -0.39 is 23.8 Å². The normalized spacial score (nSPS) is 13.7. The van der Waals surface area contributed by atoms with E-state index in [-0.39, 0.29) is 0 Å². The van der Waals surface area contributed by atoms with Crippen LogP contribution in [-0.2, 0) is 6.42 Å². The zero-order valence-electron chi connectivity index (χ0n) is 12.8. The molecule has 0 radical (unpaired) electrons. The lowest BCUT2D eigenvalue weighted by Gasteiger charge is -2.21. The van der Waals surface area contributed by atoms with E-state index in [2.05, 4.69) is 15.3 Å². The SMILES string of the molecule is CCc1cc(NC(C)C(O)c2ccc(F)c(F)c2)nc(C)n1. The summed E-state index contributed by atoms with van der Waals surface area (Å²) in [6.45, 7) is 5.53. The van der Waals surface area contributed by atoms with Crippen molar-refractivity contribution < 1.29 is 13.9 Å². The molecule has 2 atom stereocenters. The molecule has 0 aliphatic rings. The fraction of sp³-hybridized carbons (Fsp3) is 0.375. The number of halogens is 2. The highest BCUT2D eigenvalue weighted by Crippen LogP contribution is 2.21. The van der Waals surface area contributed by atoms with Crippen molar-refractivity contribution in [1.82, 2.24) is 9.97 Å². The lowest BCUT2D eigenvalue weighted by molar-refractivity contribution is 0.160. The number of rotatable bonds is 5. The number of aliphatic hydroxyl groups excluding tert-OH is 1. The lowest BCUT2D eigenvalue weighted by Crippen LogP contribution is -2.25. The summed E-state index contributed by atoms with van der Waals surface area (Å²) >= 11 is 0. The molecule has 1 aromatic carbocycles. The number of hydrogen-bond acceptors (Lipinski definition) is 4. The van der Waals surface area contributed by atoms with Crippen molar-refractivity contribution in [2.24, 2.45) is 0 Å². The van der Waals surface area contributed by atoms with Crippen LogP contribution in [0.15, 0.2) is 24.3 Å². The molecule has 0 amide bonds. The minimum absolute atomic E-state index is 0.306. The molecular formula is C16H19F2N3O. The van der Waals surface area contributed by atoms with Crippen molar-refractivity contribution in [2.45, 2.75) is 39.3 Å². The van der Waals surface area contributed by atoms with Gasteiger partial charge in [-0.1, -0.05) is 13.0 Å². The Hall–Kier alpha value is -2.08. The third-order valence-electron chi connectivity index (χ3n) is 3.39. The van der Waals surface area contributed by atoms with Gasteiger partial charge in [-0.05, 0) is 38.0 Å². The third kappa shape index (κ3) is 3.76. The number of aromatic nitrogens is 2. The molecule has 2 N–H and O–H groups in total. The van der Waals surface area contributed by atoms with Crippen LogP contribution in [0.25, 0.3) is 0 Å². The molecule has 2 unspecified atom stereocenters. The molecule has 0 fully saturated rings. The van der Waals surface area contributed by atoms with E-state index in [1.54, 1.807) is 13.8 Å². The van der Waals surface area contributed by atoms with Gasteiger partial charge in [0.1, 0.15) is 11.6 Å². The second kappa shape index (κ2) is 6.79. The zero-order valence-corrected chi connectivity index (χ0v) is 12.8. The summed E-state index contributed by atoms with van der Waals surface area (Å²) in [6, 6.07) is 4.75. The Labute approximate surface area is 128 Å². The molecule has 118 valence electrons. The van der Waals surface area contributed by atoms with Gasteiger partial charge in [-0.2, -0.15) is 0 Å². The minimum Gasteiger partial charge on any atom is -0.386 e. The Morgan fingerprint density at radius 3 is 2.55 bits per heavy atom. The monoisotopic (exact) mass is 307 g/mol. The molecule has 0 aliphatic carbocycles. The zero-order chi connectivity index (χ0) is 16.3. The van der Waals surface area contributed by atoms with E-state index in [0.29, 0.717) is 17.2 Å². The quantitative estimate of drug-likeness (QED) is 0.891. The average Bonchev–Trinajstić information content (AvgIpc) is 2.48. The average molecular weight is 307 g/mol. The van der Waals surface area contributed by atoms with E-state index >= 15 is 0 Å². The van der Waals surface area contributed by atoms with Gasteiger partial charge in [0.15, 0.2) is 11.6 Å². The van der Waals surface area contributed by atoms with Crippen molar-refractivity contribution >= 4 is 5.82 Å². The predicted octanol–water partition coefficient (Wildman–Crippen LogP) is 3.16. The first-order valence-corrected chi connectivity index (χ1v) is 7.14. The second-order valence-corrected chi connectivity index (χ2v) is 5.20. The van der Waals surface area contributed by atoms with E-state index in [1.807, 2.05) is 13.0 Å². The molecule has 1 heterocycles. The van der Waals surface area contributed by atoms with Crippen LogP contribution in [0, 0.1) is 18.6 Å². The molecule has 2 rings (SSSR count). The second-order valence-electron chi connectivity index (χ2n) is 5.20. The van der Waals surface area contributed by atoms with E-state index in [1.165, 1.54) is 6.07 Å². The maximum Gasteiger partial charge on any atom is 0.159 e. The first kappa shape index (κ1) is 16.3. The van der Waals surface area contributed by atoms with Gasteiger partial charge in [-0.25, -0.2) is 18.7 Å². The number of aryl methyl sites for hydroxylation is 2. The lowest BCUT2D eigenvalue weighted by atomic mass is 10.0. The van der Waals surface area contributed by atoms with Crippen LogP contribution >= 0.6 is 0 Å². The predicted molar refractivity (Wildman–Crippen MR) is 80.5 cm³/mol. The van der Waals surface area contributed by atoms with E-state index in [0.717, 1.165) is 24.2 Å². The maximum absolute atomic E-state index is 13.3. The van der Waals surface area contributed by atoms with Crippen molar-refractivity contribution in [3.8, 4) is 0 Å². The van der Waals surface area contributed by atoms with E-state index in [9.17, 15) is 13.9 Å². The van der Waals surface area contributed by atoms with Crippen molar-refractivity contribution in [3.05, 3.63) is 53.0 Å². The summed E-state index contributed by atoms with van der Waals surface area (Å²) in [5.41, 5.74) is 1.20. The Morgan fingerprint density at radius 1 is 1.18 bits per heavy atom. The Morgan fingerprint density at radius 2 is 1.91 bits per heavy atom. The number of nitrogens with zero attached hydrogens (tertiary/aromatic N) is 2. The summed E-state index contributed by atoms with van der Waals surface area (Å²) < 4.78 is 26.2. The van der Waals surface area contributed by atoms with Gasteiger partial charge in [-0.15, -0.1) is 0 Å². The fourth-order valence-electron chi connectivity index (χ4n) is 2.18. The molecule has 0 aliphatic heterocycles. The highest BCUT2D eigenvalue weighted by Gasteiger charge is 2.18. The molecule has 0 saturated carbocycles. The van der Waals surface area contributed by atoms with Crippen molar-refractivity contribution in [1.29, 1.82) is 0 Å². The minimum atomic E-state index is -0.990. The first-order chi connectivity index (χ1) is 10.4. The molecule has 4 nitrogen and oxygen atoms in total. The number of aliphatic hydroxyl groups is 1. The highest BCUT2D eigenvalue weighted by atomic mass is 19.2. The molecule has 1 aromatic heterocycles. The van der Waals surface area contributed by atoms with Crippen LogP contribution < -0.4 is 5.32 Å². The van der Waals surface area contributed by atoms with Crippen LogP contribution in [-0.4, -0.2) is 21.1 Å². The summed E-state index contributed by atoms with van der Waals surface area (Å²) in [5, 5.41) is 13.3. The van der Waals surface area contributed by atoms with Gasteiger partial charge in [0.05, 0.1) is 12.1 Å². The van der Waals surface area contributed by atoms with E-state index in [4.69, 9.17) is 0 Å². The Balaban J connectivity index is 2.15. The highest BCUT2D eigenvalue weighted by molar-refractivity contribution is 5.38. The molecule has 0 bridgehead atoms. The van der Waals surface area contributed by atoms with Gasteiger partial charge < -0.3 is 10.4 Å². The van der Waals surface area contributed by atoms with Gasteiger partial charge in [0, 0.05) is 11.8 Å². The topological polar surface area (TPSA) is 58.0 Å². The molecule has 0 spiro atoms. The molecule has 6 heteroatoms. The molecule has 22 heavy (non-hydrogen) atoms. The third-order valence-corrected chi connectivity index (χ3v) is 3.39. The number of hydrogen-bond donors (Lipinski definition) is 2. The maximum atomic E-state index is 13.3. The van der Waals surface area contributed by atoms with Crippen LogP contribution in [0.2, 0.25) is 0 Å². The summed E-state index contributed by atoms with van der Waals surface area (Å²) in [6.07, 6.45) is -0.214. The smallest absolute Gasteiger partial charge is 0.159 e. The van der Waals surface area contributed by atoms with Crippen LogP contribution in [0.5, 0.6) is 0 Å². The molecule has 0 saturated heterocycles. The van der Waals surface area contributed by atoms with Crippen LogP contribution in [0.3, 0.4) is 0 Å².